The van der Waals surface area contributed by atoms with Crippen molar-refractivity contribution in [2.75, 3.05) is 17.2 Å². The molecule has 2 aromatic heterocycles. The quantitative estimate of drug-likeness (QED) is 0.521. The van der Waals surface area contributed by atoms with Gasteiger partial charge in [0.2, 0.25) is 0 Å². The van der Waals surface area contributed by atoms with Crippen LogP contribution in [-0.4, -0.2) is 44.3 Å². The van der Waals surface area contributed by atoms with E-state index in [-0.39, 0.29) is 11.8 Å². The monoisotopic (exact) mass is 444 g/mol. The highest BCUT2D eigenvalue weighted by molar-refractivity contribution is 7.71. The van der Waals surface area contributed by atoms with Gasteiger partial charge in [0.05, 0.1) is 10.6 Å². The van der Waals surface area contributed by atoms with Crippen molar-refractivity contribution in [2.45, 2.75) is 25.9 Å². The van der Waals surface area contributed by atoms with E-state index >= 15 is 0 Å². The maximum absolute atomic E-state index is 12.7. The SMILES string of the molecule is Cc1nc(NC(=O)c2cccc(NC(=O)[C@@H]3CCCO3)c2)sc1-c1n[nH]c(=S)n1C. The molecular weight excluding hydrogens is 424 g/mol. The highest BCUT2D eigenvalue weighted by Crippen LogP contribution is 2.31. The lowest BCUT2D eigenvalue weighted by molar-refractivity contribution is -0.124. The van der Waals surface area contributed by atoms with Gasteiger partial charge in [-0.05, 0) is 50.2 Å². The minimum Gasteiger partial charge on any atom is -0.368 e. The van der Waals surface area contributed by atoms with Gasteiger partial charge in [-0.15, -0.1) is 0 Å². The first-order chi connectivity index (χ1) is 14.4. The zero-order valence-corrected chi connectivity index (χ0v) is 18.0. The van der Waals surface area contributed by atoms with Gasteiger partial charge in [0.1, 0.15) is 6.10 Å². The first-order valence-corrected chi connectivity index (χ1v) is 10.6. The highest BCUT2D eigenvalue weighted by atomic mass is 32.1. The van der Waals surface area contributed by atoms with Gasteiger partial charge in [0.25, 0.3) is 11.8 Å². The Morgan fingerprint density at radius 2 is 2.20 bits per heavy atom. The van der Waals surface area contributed by atoms with Crippen LogP contribution in [0.2, 0.25) is 0 Å². The van der Waals surface area contributed by atoms with E-state index in [1.165, 1.54) is 11.3 Å². The van der Waals surface area contributed by atoms with Crippen LogP contribution in [0.4, 0.5) is 10.8 Å². The van der Waals surface area contributed by atoms with E-state index in [1.54, 1.807) is 28.8 Å². The minimum absolute atomic E-state index is 0.196. The number of aromatic nitrogens is 4. The second kappa shape index (κ2) is 8.46. The van der Waals surface area contributed by atoms with E-state index < -0.39 is 6.10 Å². The summed E-state index contributed by atoms with van der Waals surface area (Å²) in [6.45, 7) is 2.44. The molecule has 9 nitrogen and oxygen atoms in total. The van der Waals surface area contributed by atoms with E-state index in [1.807, 2.05) is 14.0 Å². The molecule has 30 heavy (non-hydrogen) atoms. The number of hydrogen-bond acceptors (Lipinski definition) is 7. The molecule has 0 saturated carbocycles. The molecule has 1 atom stereocenters. The second-order valence-electron chi connectivity index (χ2n) is 6.87. The van der Waals surface area contributed by atoms with E-state index in [2.05, 4.69) is 25.8 Å². The van der Waals surface area contributed by atoms with Crippen LogP contribution >= 0.6 is 23.6 Å². The highest BCUT2D eigenvalue weighted by Gasteiger charge is 2.24. The fraction of sp³-hybridized carbons (Fsp3) is 0.316. The average Bonchev–Trinajstić information content (AvgIpc) is 3.45. The Hall–Kier alpha value is -2.89. The topological polar surface area (TPSA) is 114 Å². The molecule has 3 N–H and O–H groups in total. The minimum atomic E-state index is -0.432. The number of rotatable bonds is 5. The Kier molecular flexibility index (Phi) is 5.75. The van der Waals surface area contributed by atoms with Crippen molar-refractivity contribution in [1.29, 1.82) is 0 Å². The van der Waals surface area contributed by atoms with Crippen LogP contribution < -0.4 is 10.6 Å². The van der Waals surface area contributed by atoms with Gasteiger partial charge in [-0.2, -0.15) is 5.10 Å². The zero-order chi connectivity index (χ0) is 21.3. The summed E-state index contributed by atoms with van der Waals surface area (Å²) in [6, 6.07) is 6.75. The lowest BCUT2D eigenvalue weighted by atomic mass is 10.1. The Morgan fingerprint density at radius 1 is 1.37 bits per heavy atom. The van der Waals surface area contributed by atoms with Crippen LogP contribution in [0.5, 0.6) is 0 Å². The maximum Gasteiger partial charge on any atom is 0.257 e. The second-order valence-corrected chi connectivity index (χ2v) is 8.26. The van der Waals surface area contributed by atoms with Crippen molar-refractivity contribution in [3.63, 3.8) is 0 Å². The fourth-order valence-corrected chi connectivity index (χ4v) is 4.24. The summed E-state index contributed by atoms with van der Waals surface area (Å²) in [7, 11) is 1.81. The molecule has 0 bridgehead atoms. The molecule has 3 heterocycles. The molecule has 3 aromatic rings. The Bertz CT molecular complexity index is 1160. The van der Waals surface area contributed by atoms with Crippen molar-refractivity contribution in [1.82, 2.24) is 19.7 Å². The van der Waals surface area contributed by atoms with Crippen LogP contribution in [0.1, 0.15) is 28.9 Å². The molecule has 11 heteroatoms. The number of hydrogen-bond donors (Lipinski definition) is 3. The number of H-pyrrole nitrogens is 1. The summed E-state index contributed by atoms with van der Waals surface area (Å²) in [5.74, 6) is 0.145. The lowest BCUT2D eigenvalue weighted by Crippen LogP contribution is -2.27. The third kappa shape index (κ3) is 4.18. The molecule has 0 radical (unpaired) electrons. The molecule has 1 aliphatic heterocycles. The van der Waals surface area contributed by atoms with Crippen molar-refractivity contribution in [2.24, 2.45) is 7.05 Å². The molecule has 0 unspecified atom stereocenters. The smallest absolute Gasteiger partial charge is 0.257 e. The van der Waals surface area contributed by atoms with Crippen molar-refractivity contribution < 1.29 is 14.3 Å². The number of aryl methyl sites for hydroxylation is 1. The molecule has 1 fully saturated rings. The van der Waals surface area contributed by atoms with Gasteiger partial charge >= 0.3 is 0 Å². The third-order valence-corrected chi connectivity index (χ3v) is 6.15. The van der Waals surface area contributed by atoms with Crippen molar-refractivity contribution in [3.8, 4) is 10.7 Å². The number of anilines is 2. The predicted octanol–water partition coefficient (Wildman–Crippen LogP) is 3.28. The van der Waals surface area contributed by atoms with Gasteiger partial charge < -0.3 is 14.6 Å². The summed E-state index contributed by atoms with van der Waals surface area (Å²) in [6.07, 6.45) is 1.15. The Labute approximate surface area is 181 Å². The number of nitrogens with zero attached hydrogens (tertiary/aromatic N) is 3. The number of aromatic amines is 1. The van der Waals surface area contributed by atoms with Crippen LogP contribution in [0, 0.1) is 11.7 Å². The number of ether oxygens (including phenoxy) is 1. The molecule has 1 saturated heterocycles. The van der Waals surface area contributed by atoms with Gasteiger partial charge in [-0.1, -0.05) is 17.4 Å². The molecule has 2 amide bonds. The van der Waals surface area contributed by atoms with Crippen LogP contribution in [-0.2, 0) is 16.6 Å². The molecule has 1 aliphatic rings. The molecule has 1 aromatic carbocycles. The predicted molar refractivity (Wildman–Crippen MR) is 116 cm³/mol. The van der Waals surface area contributed by atoms with Gasteiger partial charge in [-0.25, -0.2) is 4.98 Å². The molecule has 0 spiro atoms. The largest absolute Gasteiger partial charge is 0.368 e. The van der Waals surface area contributed by atoms with Crippen LogP contribution in [0.15, 0.2) is 24.3 Å². The first kappa shape index (κ1) is 20.4. The average molecular weight is 445 g/mol. The summed E-state index contributed by atoms with van der Waals surface area (Å²) in [5.41, 5.74) is 1.69. The number of nitrogens with one attached hydrogen (secondary N) is 3. The van der Waals surface area contributed by atoms with Crippen molar-refractivity contribution >= 4 is 46.2 Å². The summed E-state index contributed by atoms with van der Waals surface area (Å²) in [4.78, 5) is 30.2. The summed E-state index contributed by atoms with van der Waals surface area (Å²) < 4.78 is 7.65. The number of benzene rings is 1. The van der Waals surface area contributed by atoms with E-state index in [9.17, 15) is 9.59 Å². The van der Waals surface area contributed by atoms with Crippen molar-refractivity contribution in [3.05, 3.63) is 40.3 Å². The number of carbonyl (C=O) groups excluding carboxylic acids is 2. The lowest BCUT2D eigenvalue weighted by Gasteiger charge is -2.11. The molecule has 4 rings (SSSR count). The Morgan fingerprint density at radius 3 is 2.90 bits per heavy atom. The van der Waals surface area contributed by atoms with Gasteiger partial charge in [-0.3, -0.25) is 20.0 Å². The summed E-state index contributed by atoms with van der Waals surface area (Å²) in [5, 5.41) is 13.0. The molecular formula is C19H20N6O3S2. The molecule has 156 valence electrons. The van der Waals surface area contributed by atoms with E-state index in [0.29, 0.717) is 40.0 Å². The normalized spacial score (nSPS) is 15.9. The number of carbonyl (C=O) groups is 2. The fourth-order valence-electron chi connectivity index (χ4n) is 3.12. The maximum atomic E-state index is 12.7. The van der Waals surface area contributed by atoms with Gasteiger partial charge in [0, 0.05) is 24.9 Å². The summed E-state index contributed by atoms with van der Waals surface area (Å²) >= 11 is 6.47. The number of thiazole rings is 1. The van der Waals surface area contributed by atoms with Gasteiger partial charge in [0.15, 0.2) is 15.7 Å². The third-order valence-electron chi connectivity index (χ3n) is 4.71. The van der Waals surface area contributed by atoms with E-state index in [0.717, 1.165) is 17.0 Å². The van der Waals surface area contributed by atoms with Crippen LogP contribution in [0.3, 0.4) is 0 Å². The Balaban J connectivity index is 1.48. The van der Waals surface area contributed by atoms with Crippen LogP contribution in [0.25, 0.3) is 10.7 Å². The first-order valence-electron chi connectivity index (χ1n) is 9.35. The zero-order valence-electron chi connectivity index (χ0n) is 16.4. The van der Waals surface area contributed by atoms with E-state index in [4.69, 9.17) is 17.0 Å². The standard InChI is InChI=1S/C19H20N6O3S2/c1-10-14(15-23-24-19(29)25(15)2)30-18(20-10)22-16(26)11-5-3-6-12(9-11)21-17(27)13-7-4-8-28-13/h3,5-6,9,13H,4,7-8H2,1-2H3,(H,21,27)(H,24,29)(H,20,22,26)/t13-/m0/s1. The number of amides is 2. The molecule has 0 aliphatic carbocycles.